The van der Waals surface area contributed by atoms with Crippen molar-refractivity contribution in [2.45, 2.75) is 43.2 Å². The zero-order valence-electron chi connectivity index (χ0n) is 20.4. The Hall–Kier alpha value is -3.20. The van der Waals surface area contributed by atoms with E-state index in [0.717, 1.165) is 18.2 Å². The Balaban J connectivity index is 1.83. The van der Waals surface area contributed by atoms with Crippen LogP contribution in [0, 0.1) is 11.6 Å². The monoisotopic (exact) mass is 560 g/mol. The topological polar surface area (TPSA) is 87.7 Å². The number of nitrogens with one attached hydrogen (secondary N) is 2. The number of aliphatic hydroxyl groups is 1. The number of fused-ring (bicyclic) bond motifs is 2. The van der Waals surface area contributed by atoms with Crippen molar-refractivity contribution >= 4 is 40.7 Å². The lowest BCUT2D eigenvalue weighted by molar-refractivity contribution is -0.131. The minimum Gasteiger partial charge on any atom is -0.485 e. The van der Waals surface area contributed by atoms with E-state index in [9.17, 15) is 19.1 Å². The Kier molecular flexibility index (Phi) is 6.62. The summed E-state index contributed by atoms with van der Waals surface area (Å²) in [5.41, 5.74) is -1.56. The summed E-state index contributed by atoms with van der Waals surface area (Å²) in [5.74, 6) is -3.14. The average Bonchev–Trinajstić information content (AvgIpc) is 3.14. The van der Waals surface area contributed by atoms with Gasteiger partial charge in [0, 0.05) is 39.2 Å². The number of carbonyl (C=O) groups is 2. The number of amides is 2. The molecule has 10 heteroatoms. The Morgan fingerprint density at radius 1 is 1.03 bits per heavy atom. The fourth-order valence-corrected chi connectivity index (χ4v) is 5.82. The number of rotatable bonds is 5. The predicted molar refractivity (Wildman–Crippen MR) is 140 cm³/mol. The first-order valence-electron chi connectivity index (χ1n) is 11.9. The number of carbonyl (C=O) groups excluding carboxylic acids is 2. The molecule has 2 aliphatic heterocycles. The second-order valence-electron chi connectivity index (χ2n) is 10.1. The van der Waals surface area contributed by atoms with Crippen LogP contribution in [-0.2, 0) is 15.0 Å². The van der Waals surface area contributed by atoms with Crippen LogP contribution in [0.1, 0.15) is 48.9 Å². The van der Waals surface area contributed by atoms with Crippen LogP contribution in [-0.4, -0.2) is 29.1 Å². The van der Waals surface area contributed by atoms with Crippen molar-refractivity contribution in [3.05, 3.63) is 93.0 Å². The summed E-state index contributed by atoms with van der Waals surface area (Å²) in [6.07, 6.45) is -0.181. The molecule has 3 aromatic rings. The number of aliphatic hydroxyl groups excluding tert-OH is 1. The lowest BCUT2D eigenvalue weighted by Crippen LogP contribution is -2.57. The SMILES string of the molecule is CC(C)(CO)Oc1ccc(Cl)cc1[C@H]1CC(=O)N[C@@H](c2cc(F)ccc2F)[C@]12C(=O)Nc1cc(Cl)ccc12. The van der Waals surface area contributed by atoms with E-state index in [1.807, 2.05) is 0 Å². The van der Waals surface area contributed by atoms with E-state index in [1.54, 1.807) is 50.2 Å². The van der Waals surface area contributed by atoms with E-state index in [0.29, 0.717) is 32.6 Å². The molecule has 0 saturated carbocycles. The van der Waals surface area contributed by atoms with E-state index in [2.05, 4.69) is 10.6 Å². The minimum atomic E-state index is -1.63. The minimum absolute atomic E-state index is 0.179. The lowest BCUT2D eigenvalue weighted by Gasteiger charge is -2.47. The van der Waals surface area contributed by atoms with Crippen molar-refractivity contribution in [3.63, 3.8) is 0 Å². The van der Waals surface area contributed by atoms with Crippen LogP contribution in [0.15, 0.2) is 54.6 Å². The van der Waals surface area contributed by atoms with Gasteiger partial charge in [0.1, 0.15) is 28.4 Å². The summed E-state index contributed by atoms with van der Waals surface area (Å²) in [7, 11) is 0. The highest BCUT2D eigenvalue weighted by Crippen LogP contribution is 2.59. The van der Waals surface area contributed by atoms with Crippen LogP contribution in [0.5, 0.6) is 5.75 Å². The zero-order chi connectivity index (χ0) is 27.4. The lowest BCUT2D eigenvalue weighted by atomic mass is 9.59. The van der Waals surface area contributed by atoms with E-state index < -0.39 is 46.4 Å². The van der Waals surface area contributed by atoms with E-state index in [4.69, 9.17) is 27.9 Å². The van der Waals surface area contributed by atoms with Gasteiger partial charge < -0.3 is 20.5 Å². The van der Waals surface area contributed by atoms with Crippen LogP contribution in [0.2, 0.25) is 10.0 Å². The molecule has 3 aromatic carbocycles. The molecule has 3 atom stereocenters. The molecule has 2 amide bonds. The first-order chi connectivity index (χ1) is 18.0. The number of ether oxygens (including phenoxy) is 1. The molecule has 2 heterocycles. The van der Waals surface area contributed by atoms with Crippen LogP contribution in [0.25, 0.3) is 0 Å². The smallest absolute Gasteiger partial charge is 0.238 e. The number of benzene rings is 3. The van der Waals surface area contributed by atoms with Crippen molar-refractivity contribution in [3.8, 4) is 5.75 Å². The molecule has 2 aliphatic rings. The second-order valence-corrected chi connectivity index (χ2v) is 11.0. The molecule has 0 aromatic heterocycles. The van der Waals surface area contributed by atoms with Crippen LogP contribution >= 0.6 is 23.2 Å². The van der Waals surface area contributed by atoms with Crippen LogP contribution in [0.3, 0.4) is 0 Å². The van der Waals surface area contributed by atoms with Gasteiger partial charge in [0.2, 0.25) is 11.8 Å². The van der Waals surface area contributed by atoms with Gasteiger partial charge in [0.05, 0.1) is 12.6 Å². The third-order valence-corrected chi connectivity index (χ3v) is 7.60. The van der Waals surface area contributed by atoms with Gasteiger partial charge in [0.15, 0.2) is 0 Å². The van der Waals surface area contributed by atoms with Crippen LogP contribution < -0.4 is 15.4 Å². The summed E-state index contributed by atoms with van der Waals surface area (Å²) in [6.45, 7) is 3.04. The summed E-state index contributed by atoms with van der Waals surface area (Å²) >= 11 is 12.6. The van der Waals surface area contributed by atoms with Gasteiger partial charge in [-0.2, -0.15) is 0 Å². The van der Waals surface area contributed by atoms with Gasteiger partial charge in [0.25, 0.3) is 0 Å². The van der Waals surface area contributed by atoms with E-state index >= 15 is 4.39 Å². The normalized spacial score (nSPS) is 22.7. The van der Waals surface area contributed by atoms with Gasteiger partial charge in [-0.3, -0.25) is 9.59 Å². The first-order valence-corrected chi connectivity index (χ1v) is 12.7. The van der Waals surface area contributed by atoms with Gasteiger partial charge >= 0.3 is 0 Å². The number of piperidine rings is 1. The highest BCUT2D eigenvalue weighted by atomic mass is 35.5. The highest BCUT2D eigenvalue weighted by molar-refractivity contribution is 6.31. The zero-order valence-corrected chi connectivity index (χ0v) is 22.0. The number of halogens is 4. The second kappa shape index (κ2) is 9.52. The average molecular weight is 561 g/mol. The fourth-order valence-electron chi connectivity index (χ4n) is 5.47. The molecule has 1 saturated heterocycles. The molecule has 38 heavy (non-hydrogen) atoms. The Labute approximate surface area is 227 Å². The number of hydrogen-bond donors (Lipinski definition) is 3. The maximum atomic E-state index is 15.3. The van der Waals surface area contributed by atoms with Crippen molar-refractivity contribution < 1.29 is 28.2 Å². The van der Waals surface area contributed by atoms with Crippen molar-refractivity contribution in [1.29, 1.82) is 0 Å². The molecular formula is C28H24Cl2F2N2O4. The molecule has 0 unspecified atom stereocenters. The molecule has 0 aliphatic carbocycles. The summed E-state index contributed by atoms with van der Waals surface area (Å²) in [5, 5.41) is 16.1. The van der Waals surface area contributed by atoms with E-state index in [-0.39, 0.29) is 18.6 Å². The summed E-state index contributed by atoms with van der Waals surface area (Å²) < 4.78 is 35.8. The third-order valence-electron chi connectivity index (χ3n) is 7.13. The molecular weight excluding hydrogens is 537 g/mol. The molecule has 0 bridgehead atoms. The maximum Gasteiger partial charge on any atom is 0.238 e. The fraction of sp³-hybridized carbons (Fsp3) is 0.286. The maximum absolute atomic E-state index is 15.3. The standard InChI is InChI=1S/C28H24Cl2F2N2O4/c1-27(2,13-35)38-23-8-4-14(29)9-17(23)20-12-24(36)34-25(18-11-16(31)5-7-21(18)32)28(20)19-6-3-15(30)10-22(19)33-26(28)37/h3-11,20,25,35H,12-13H2,1-2H3,(H,33,37)(H,34,36)/t20-,25+,28-/m1/s1. The molecule has 198 valence electrons. The van der Waals surface area contributed by atoms with Gasteiger partial charge in [-0.15, -0.1) is 0 Å². The molecule has 1 spiro atoms. The molecule has 0 radical (unpaired) electrons. The first kappa shape index (κ1) is 26.4. The molecule has 1 fully saturated rings. The predicted octanol–water partition coefficient (Wildman–Crippen LogP) is 5.66. The van der Waals surface area contributed by atoms with Gasteiger partial charge in [-0.25, -0.2) is 8.78 Å². The van der Waals surface area contributed by atoms with Crippen LogP contribution in [0.4, 0.5) is 14.5 Å². The van der Waals surface area contributed by atoms with Gasteiger partial charge in [-0.05, 0) is 67.9 Å². The molecule has 5 rings (SSSR count). The highest BCUT2D eigenvalue weighted by Gasteiger charge is 2.62. The molecule has 3 N–H and O–H groups in total. The van der Waals surface area contributed by atoms with Crippen molar-refractivity contribution in [2.75, 3.05) is 11.9 Å². The van der Waals surface area contributed by atoms with Crippen molar-refractivity contribution in [1.82, 2.24) is 5.32 Å². The Morgan fingerprint density at radius 2 is 1.74 bits per heavy atom. The van der Waals surface area contributed by atoms with Gasteiger partial charge in [-0.1, -0.05) is 29.3 Å². The summed E-state index contributed by atoms with van der Waals surface area (Å²) in [6, 6.07) is 11.2. The number of hydrogen-bond acceptors (Lipinski definition) is 4. The summed E-state index contributed by atoms with van der Waals surface area (Å²) in [4.78, 5) is 27.3. The van der Waals surface area contributed by atoms with Crippen molar-refractivity contribution in [2.24, 2.45) is 0 Å². The largest absolute Gasteiger partial charge is 0.485 e. The Morgan fingerprint density at radius 3 is 2.47 bits per heavy atom. The number of anilines is 1. The Bertz CT molecular complexity index is 1460. The quantitative estimate of drug-likeness (QED) is 0.376. The third kappa shape index (κ3) is 4.30. The van der Waals surface area contributed by atoms with E-state index in [1.165, 1.54) is 0 Å². The molecule has 6 nitrogen and oxygen atoms in total.